The third kappa shape index (κ3) is 5.57. The fourth-order valence-electron chi connectivity index (χ4n) is 4.46. The van der Waals surface area contributed by atoms with Crippen LogP contribution in [0.3, 0.4) is 0 Å². The highest BCUT2D eigenvalue weighted by Gasteiger charge is 2.29. The summed E-state index contributed by atoms with van der Waals surface area (Å²) in [5, 5.41) is 3.17. The molecule has 0 aliphatic carbocycles. The summed E-state index contributed by atoms with van der Waals surface area (Å²) in [6, 6.07) is 5.23. The number of amides is 1. The molecule has 2 aromatic rings. The third-order valence-corrected chi connectivity index (χ3v) is 8.40. The van der Waals surface area contributed by atoms with Crippen molar-refractivity contribution in [3.05, 3.63) is 35.5 Å². The molecule has 3 heterocycles. The molecule has 0 spiro atoms. The lowest BCUT2D eigenvalue weighted by molar-refractivity contribution is 0.100. The van der Waals surface area contributed by atoms with Gasteiger partial charge in [-0.1, -0.05) is 20.8 Å². The van der Waals surface area contributed by atoms with Gasteiger partial charge in [-0.25, -0.2) is 13.4 Å². The molecule has 10 nitrogen and oxygen atoms in total. The molecule has 0 unspecified atom stereocenters. The molecular weight excluding hydrogens is 466 g/mol. The first-order valence-corrected chi connectivity index (χ1v) is 13.5. The van der Waals surface area contributed by atoms with E-state index in [1.165, 1.54) is 10.5 Å². The Kier molecular flexibility index (Phi) is 7.03. The van der Waals surface area contributed by atoms with Gasteiger partial charge >= 0.3 is 0 Å². The Morgan fingerprint density at radius 1 is 1.11 bits per heavy atom. The molecule has 5 N–H and O–H groups in total. The molecule has 35 heavy (non-hydrogen) atoms. The molecule has 2 fully saturated rings. The second-order valence-electron chi connectivity index (χ2n) is 10.4. The minimum atomic E-state index is -3.65. The lowest BCUT2D eigenvalue weighted by atomic mass is 9.87. The highest BCUT2D eigenvalue weighted by molar-refractivity contribution is 7.89. The minimum absolute atomic E-state index is 0.0291. The molecule has 2 aliphatic heterocycles. The van der Waals surface area contributed by atoms with E-state index in [1.807, 2.05) is 31.7 Å². The summed E-state index contributed by atoms with van der Waals surface area (Å²) in [6.45, 7) is 8.49. The molecular formula is C24H35N7O3S. The van der Waals surface area contributed by atoms with Crippen LogP contribution in [0.2, 0.25) is 0 Å². The van der Waals surface area contributed by atoms with E-state index in [0.717, 1.165) is 37.8 Å². The van der Waals surface area contributed by atoms with Crippen molar-refractivity contribution in [1.82, 2.24) is 14.3 Å². The number of nitrogens with zero attached hydrogens (tertiary/aromatic N) is 4. The van der Waals surface area contributed by atoms with Crippen LogP contribution in [0.25, 0.3) is 0 Å². The van der Waals surface area contributed by atoms with E-state index in [1.54, 1.807) is 12.1 Å². The molecule has 1 aromatic heterocycles. The predicted octanol–water partition coefficient (Wildman–Crippen LogP) is 2.33. The van der Waals surface area contributed by atoms with E-state index < -0.39 is 15.9 Å². The summed E-state index contributed by atoms with van der Waals surface area (Å²) >= 11 is 0. The van der Waals surface area contributed by atoms with Crippen LogP contribution < -0.4 is 21.7 Å². The topological polar surface area (TPSA) is 148 Å². The van der Waals surface area contributed by atoms with Crippen LogP contribution in [0, 0.1) is 0 Å². The molecule has 0 radical (unpaired) electrons. The smallest absolute Gasteiger partial charge is 0.254 e. The Hall–Kier alpha value is -2.76. The normalized spacial score (nSPS) is 19.7. The van der Waals surface area contributed by atoms with Gasteiger partial charge in [0.15, 0.2) is 0 Å². The van der Waals surface area contributed by atoms with Crippen molar-refractivity contribution in [2.75, 3.05) is 36.4 Å². The molecule has 2 saturated heterocycles. The van der Waals surface area contributed by atoms with Crippen molar-refractivity contribution in [3.63, 3.8) is 0 Å². The Bertz CT molecular complexity index is 1200. The Balaban J connectivity index is 1.75. The third-order valence-electron chi connectivity index (χ3n) is 6.52. The summed E-state index contributed by atoms with van der Waals surface area (Å²) in [6.07, 6.45) is 4.98. The molecule has 4 rings (SSSR count). The van der Waals surface area contributed by atoms with Crippen molar-refractivity contribution in [3.8, 4) is 0 Å². The maximum absolute atomic E-state index is 13.4. The number of piperidine rings is 1. The number of sulfonamides is 1. The summed E-state index contributed by atoms with van der Waals surface area (Å²) < 4.78 is 28.3. The van der Waals surface area contributed by atoms with Gasteiger partial charge in [0.2, 0.25) is 16.0 Å². The van der Waals surface area contributed by atoms with E-state index in [-0.39, 0.29) is 27.7 Å². The van der Waals surface area contributed by atoms with E-state index in [9.17, 15) is 13.2 Å². The van der Waals surface area contributed by atoms with Crippen LogP contribution in [-0.2, 0) is 15.4 Å². The van der Waals surface area contributed by atoms with Gasteiger partial charge in [0.1, 0.15) is 11.4 Å². The van der Waals surface area contributed by atoms with Gasteiger partial charge in [-0.05, 0) is 54.9 Å². The van der Waals surface area contributed by atoms with Crippen LogP contribution in [0.5, 0.6) is 0 Å². The minimum Gasteiger partial charge on any atom is -0.365 e. The number of hydrogen-bond donors (Lipinski definition) is 3. The number of anilines is 3. The monoisotopic (exact) mass is 501 g/mol. The Morgan fingerprint density at radius 2 is 1.83 bits per heavy atom. The standard InChI is InChI=1S/C24H35N7O3S/c1-24(2,3)16-11-18(13-19(12-16)35(33,34)31-9-4-5-10-31)28-22-20(21(26)32)14-27-23(29-22)30-8-6-7-17(25)15-30/h11-14,17H,4-10,15,25H2,1-3H3,(H2,26,32)(H,27,28,29)/t17-/m0/s1. The summed E-state index contributed by atoms with van der Waals surface area (Å²) in [7, 11) is -3.65. The van der Waals surface area contributed by atoms with Gasteiger partial charge in [0.25, 0.3) is 5.91 Å². The second kappa shape index (κ2) is 9.71. The average Bonchev–Trinajstić information content (AvgIpc) is 3.34. The highest BCUT2D eigenvalue weighted by Crippen LogP contribution is 2.32. The molecule has 1 aromatic carbocycles. The average molecular weight is 502 g/mol. The van der Waals surface area contributed by atoms with Gasteiger partial charge < -0.3 is 21.7 Å². The zero-order valence-electron chi connectivity index (χ0n) is 20.6. The van der Waals surface area contributed by atoms with Crippen LogP contribution >= 0.6 is 0 Å². The quantitative estimate of drug-likeness (QED) is 0.546. The molecule has 1 atom stereocenters. The number of nitrogens with two attached hydrogens (primary N) is 2. The van der Waals surface area contributed by atoms with Crippen LogP contribution in [0.1, 0.15) is 62.4 Å². The van der Waals surface area contributed by atoms with Crippen LogP contribution in [0.4, 0.5) is 17.5 Å². The first-order chi connectivity index (χ1) is 16.4. The van der Waals surface area contributed by atoms with Gasteiger partial charge in [0.05, 0.1) is 4.90 Å². The number of rotatable bonds is 6. The number of aromatic nitrogens is 2. The summed E-state index contributed by atoms with van der Waals surface area (Å²) in [5.74, 6) is 0.00745. The Labute approximate surface area is 207 Å². The van der Waals surface area contributed by atoms with Crippen molar-refractivity contribution in [1.29, 1.82) is 0 Å². The largest absolute Gasteiger partial charge is 0.365 e. The zero-order chi connectivity index (χ0) is 25.4. The number of benzene rings is 1. The maximum Gasteiger partial charge on any atom is 0.254 e. The van der Waals surface area contributed by atoms with Gasteiger partial charge in [-0.15, -0.1) is 0 Å². The number of carbonyl (C=O) groups excluding carboxylic acids is 1. The molecule has 0 saturated carbocycles. The van der Waals surface area contributed by atoms with E-state index in [0.29, 0.717) is 31.3 Å². The maximum atomic E-state index is 13.4. The van der Waals surface area contributed by atoms with Crippen molar-refractivity contribution >= 4 is 33.4 Å². The lowest BCUT2D eigenvalue weighted by Crippen LogP contribution is -2.43. The first kappa shape index (κ1) is 25.3. The molecule has 190 valence electrons. The summed E-state index contributed by atoms with van der Waals surface area (Å²) in [5.41, 5.74) is 12.9. The number of nitrogens with one attached hydrogen (secondary N) is 1. The SMILES string of the molecule is CC(C)(C)c1cc(Nc2nc(N3CCC[C@H](N)C3)ncc2C(N)=O)cc(S(=O)(=O)N2CCCC2)c1. The Morgan fingerprint density at radius 3 is 2.46 bits per heavy atom. The van der Waals surface area contributed by atoms with E-state index in [4.69, 9.17) is 11.5 Å². The number of carbonyl (C=O) groups is 1. The predicted molar refractivity (Wildman–Crippen MR) is 136 cm³/mol. The lowest BCUT2D eigenvalue weighted by Gasteiger charge is -2.31. The first-order valence-electron chi connectivity index (χ1n) is 12.1. The fraction of sp³-hybridized carbons (Fsp3) is 0.542. The zero-order valence-corrected chi connectivity index (χ0v) is 21.4. The van der Waals surface area contributed by atoms with Gasteiger partial charge in [-0.2, -0.15) is 9.29 Å². The fourth-order valence-corrected chi connectivity index (χ4v) is 6.05. The highest BCUT2D eigenvalue weighted by atomic mass is 32.2. The number of primary amides is 1. The van der Waals surface area contributed by atoms with Gasteiger partial charge in [0, 0.05) is 44.1 Å². The van der Waals surface area contributed by atoms with Crippen molar-refractivity contribution in [2.45, 2.75) is 62.8 Å². The van der Waals surface area contributed by atoms with E-state index in [2.05, 4.69) is 15.3 Å². The number of hydrogen-bond acceptors (Lipinski definition) is 8. The van der Waals surface area contributed by atoms with Crippen molar-refractivity contribution in [2.24, 2.45) is 11.5 Å². The molecule has 2 aliphatic rings. The molecule has 11 heteroatoms. The van der Waals surface area contributed by atoms with Crippen molar-refractivity contribution < 1.29 is 13.2 Å². The van der Waals surface area contributed by atoms with Gasteiger partial charge in [-0.3, -0.25) is 4.79 Å². The van der Waals surface area contributed by atoms with Crippen LogP contribution in [-0.4, -0.2) is 60.8 Å². The molecule has 1 amide bonds. The van der Waals surface area contributed by atoms with Crippen LogP contribution in [0.15, 0.2) is 29.3 Å². The molecule has 0 bridgehead atoms. The second-order valence-corrected chi connectivity index (χ2v) is 12.3. The summed E-state index contributed by atoms with van der Waals surface area (Å²) in [4.78, 5) is 23.3. The van der Waals surface area contributed by atoms with E-state index >= 15 is 0 Å².